The Morgan fingerprint density at radius 2 is 1.61 bits per heavy atom. The maximum atomic E-state index is 13.5. The van der Waals surface area contributed by atoms with Gasteiger partial charge in [0.05, 0.1) is 11.3 Å². The number of carbonyl (C=O) groups excluding carboxylic acids is 1. The molecule has 5 nitrogen and oxygen atoms in total. The van der Waals surface area contributed by atoms with Gasteiger partial charge in [0.25, 0.3) is 0 Å². The molecule has 2 fully saturated rings. The number of benzene rings is 2. The van der Waals surface area contributed by atoms with Gasteiger partial charge in [0, 0.05) is 19.1 Å². The number of carboxylic acids is 1. The number of carbonyl (C=O) groups is 2. The maximum absolute atomic E-state index is 13.5. The van der Waals surface area contributed by atoms with Crippen molar-refractivity contribution in [3.8, 4) is 11.1 Å². The highest BCUT2D eigenvalue weighted by atomic mass is 16.4. The van der Waals surface area contributed by atoms with Crippen LogP contribution >= 0.6 is 0 Å². The normalized spacial score (nSPS) is 20.4. The van der Waals surface area contributed by atoms with Crippen molar-refractivity contribution >= 4 is 11.9 Å². The van der Waals surface area contributed by atoms with E-state index in [1.54, 1.807) is 0 Å². The fourth-order valence-electron chi connectivity index (χ4n) is 6.49. The van der Waals surface area contributed by atoms with E-state index < -0.39 is 17.3 Å². The third-order valence-corrected chi connectivity index (χ3v) is 9.06. The van der Waals surface area contributed by atoms with Crippen LogP contribution in [-0.4, -0.2) is 47.6 Å². The summed E-state index contributed by atoms with van der Waals surface area (Å²) in [4.78, 5) is 27.8. The summed E-state index contributed by atoms with van der Waals surface area (Å²) >= 11 is 0. The number of aliphatic carboxylic acids is 1. The lowest BCUT2D eigenvalue weighted by atomic mass is 9.77. The van der Waals surface area contributed by atoms with E-state index in [4.69, 9.17) is 0 Å². The summed E-state index contributed by atoms with van der Waals surface area (Å²) in [6.07, 6.45) is 7.91. The van der Waals surface area contributed by atoms with Gasteiger partial charge >= 0.3 is 5.97 Å². The van der Waals surface area contributed by atoms with Crippen LogP contribution in [-0.2, 0) is 21.4 Å². The van der Waals surface area contributed by atoms with E-state index >= 15 is 0 Å². The van der Waals surface area contributed by atoms with Crippen molar-refractivity contribution in [2.75, 3.05) is 19.6 Å². The smallest absolute Gasteiger partial charge is 0.307 e. The molecule has 2 aromatic rings. The van der Waals surface area contributed by atoms with E-state index in [9.17, 15) is 14.7 Å². The lowest BCUT2D eigenvalue weighted by Gasteiger charge is -2.30. The molecule has 2 aromatic carbocycles. The molecule has 1 aliphatic carbocycles. The molecule has 2 aliphatic rings. The molecular formula is C33H46N2O3. The molecule has 2 unspecified atom stereocenters. The number of carboxylic acid groups (broad SMARTS) is 1. The Morgan fingerprint density at radius 3 is 2.13 bits per heavy atom. The first-order valence-corrected chi connectivity index (χ1v) is 14.6. The van der Waals surface area contributed by atoms with Crippen molar-refractivity contribution < 1.29 is 14.7 Å². The first kappa shape index (κ1) is 28.4. The van der Waals surface area contributed by atoms with Gasteiger partial charge in [-0.3, -0.25) is 9.59 Å². The zero-order valence-electron chi connectivity index (χ0n) is 23.8. The third-order valence-electron chi connectivity index (χ3n) is 9.06. The van der Waals surface area contributed by atoms with E-state index in [0.29, 0.717) is 19.0 Å². The van der Waals surface area contributed by atoms with Gasteiger partial charge in [-0.15, -0.1) is 0 Å². The molecule has 2 N–H and O–H groups in total. The van der Waals surface area contributed by atoms with Crippen LogP contribution in [0.5, 0.6) is 0 Å². The van der Waals surface area contributed by atoms with Gasteiger partial charge in [0.1, 0.15) is 0 Å². The van der Waals surface area contributed by atoms with E-state index in [2.05, 4.69) is 65.7 Å². The number of nitrogens with one attached hydrogen (secondary N) is 1. The van der Waals surface area contributed by atoms with Gasteiger partial charge in [-0.2, -0.15) is 0 Å². The fraction of sp³-hybridized carbons (Fsp3) is 0.576. The number of hydrogen-bond acceptors (Lipinski definition) is 3. The molecule has 0 aromatic heterocycles. The predicted octanol–water partition coefficient (Wildman–Crippen LogP) is 6.45. The van der Waals surface area contributed by atoms with Gasteiger partial charge < -0.3 is 15.3 Å². The van der Waals surface area contributed by atoms with Crippen molar-refractivity contribution in [2.45, 2.75) is 90.5 Å². The largest absolute Gasteiger partial charge is 0.481 e. The number of rotatable bonds is 10. The van der Waals surface area contributed by atoms with Crippen molar-refractivity contribution in [1.29, 1.82) is 0 Å². The first-order valence-electron chi connectivity index (χ1n) is 14.6. The number of likely N-dealkylation sites (tertiary alicyclic amines) is 1. The molecule has 0 radical (unpaired) electrons. The van der Waals surface area contributed by atoms with Crippen LogP contribution < -0.4 is 5.32 Å². The average molecular weight is 519 g/mol. The minimum atomic E-state index is -0.799. The summed E-state index contributed by atoms with van der Waals surface area (Å²) < 4.78 is 0. The fourth-order valence-corrected chi connectivity index (χ4v) is 6.49. The zero-order chi connectivity index (χ0) is 27.3. The van der Waals surface area contributed by atoms with E-state index in [-0.39, 0.29) is 11.3 Å². The summed E-state index contributed by atoms with van der Waals surface area (Å²) in [6, 6.07) is 18.2. The second-order valence-corrected chi connectivity index (χ2v) is 12.6. The van der Waals surface area contributed by atoms with E-state index in [1.165, 1.54) is 30.5 Å². The second-order valence-electron chi connectivity index (χ2n) is 12.6. The van der Waals surface area contributed by atoms with Crippen LogP contribution in [0.3, 0.4) is 0 Å². The molecule has 38 heavy (non-hydrogen) atoms. The maximum Gasteiger partial charge on any atom is 0.307 e. The SMILES string of the molecule is CC1CCCN1CCc1ccc(-c2ccc(C3(C(=O)NCCC(C(=O)O)C(C)(C)C)CCCC3)cc2)cc1. The Hall–Kier alpha value is -2.66. The molecular weight excluding hydrogens is 472 g/mol. The van der Waals surface area contributed by atoms with Gasteiger partial charge in [0.15, 0.2) is 0 Å². The van der Waals surface area contributed by atoms with E-state index in [0.717, 1.165) is 49.8 Å². The van der Waals surface area contributed by atoms with E-state index in [1.807, 2.05) is 20.8 Å². The van der Waals surface area contributed by atoms with Crippen LogP contribution in [0.25, 0.3) is 11.1 Å². The molecule has 0 spiro atoms. The quantitative estimate of drug-likeness (QED) is 0.379. The highest BCUT2D eigenvalue weighted by Crippen LogP contribution is 2.42. The summed E-state index contributed by atoms with van der Waals surface area (Å²) in [5.41, 5.74) is 3.94. The standard InChI is InChI=1S/C33H46N2O3/c1-24-8-7-22-35(24)23-18-25-9-11-26(12-10-25)27-13-15-28(16-14-27)33(19-5-6-20-33)31(38)34-21-17-29(30(36)37)32(2,3)4/h9-16,24,29H,5-8,17-23H2,1-4H3,(H,34,38)(H,36,37). The lowest BCUT2D eigenvalue weighted by Crippen LogP contribution is -2.44. The van der Waals surface area contributed by atoms with Gasteiger partial charge in [-0.05, 0) is 79.7 Å². The zero-order valence-corrected chi connectivity index (χ0v) is 23.8. The number of amides is 1. The Morgan fingerprint density at radius 1 is 1.00 bits per heavy atom. The molecule has 1 heterocycles. The molecule has 206 valence electrons. The minimum Gasteiger partial charge on any atom is -0.481 e. The Balaban J connectivity index is 1.39. The highest BCUT2D eigenvalue weighted by Gasteiger charge is 2.42. The summed E-state index contributed by atoms with van der Waals surface area (Å²) in [6.45, 7) is 10.9. The topological polar surface area (TPSA) is 69.6 Å². The van der Waals surface area contributed by atoms with Crippen LogP contribution in [0, 0.1) is 11.3 Å². The monoisotopic (exact) mass is 518 g/mol. The Kier molecular flexibility index (Phi) is 8.97. The molecule has 5 heteroatoms. The lowest BCUT2D eigenvalue weighted by molar-refractivity contribution is -0.146. The Labute approximate surface area is 229 Å². The van der Waals surface area contributed by atoms with Gasteiger partial charge in [-0.25, -0.2) is 0 Å². The minimum absolute atomic E-state index is 0.0393. The Bertz CT molecular complexity index is 1080. The van der Waals surface area contributed by atoms with Gasteiger partial charge in [-0.1, -0.05) is 82.1 Å². The molecule has 1 saturated carbocycles. The van der Waals surface area contributed by atoms with Crippen molar-refractivity contribution in [2.24, 2.45) is 11.3 Å². The molecule has 4 rings (SSSR count). The predicted molar refractivity (Wildman–Crippen MR) is 154 cm³/mol. The molecule has 1 amide bonds. The first-order chi connectivity index (χ1) is 18.1. The summed E-state index contributed by atoms with van der Waals surface area (Å²) in [5.74, 6) is -1.25. The molecule has 2 atom stereocenters. The molecule has 1 saturated heterocycles. The average Bonchev–Trinajstić information content (AvgIpc) is 3.55. The van der Waals surface area contributed by atoms with Crippen molar-refractivity contribution in [1.82, 2.24) is 10.2 Å². The molecule has 1 aliphatic heterocycles. The van der Waals surface area contributed by atoms with Crippen molar-refractivity contribution in [3.63, 3.8) is 0 Å². The number of hydrogen-bond donors (Lipinski definition) is 2. The summed E-state index contributed by atoms with van der Waals surface area (Å²) in [5, 5.41) is 12.7. The van der Waals surface area contributed by atoms with Crippen LogP contribution in [0.4, 0.5) is 0 Å². The van der Waals surface area contributed by atoms with Crippen LogP contribution in [0.1, 0.15) is 83.8 Å². The summed E-state index contributed by atoms with van der Waals surface area (Å²) in [7, 11) is 0. The third kappa shape index (κ3) is 6.48. The highest BCUT2D eigenvalue weighted by molar-refractivity contribution is 5.89. The second kappa shape index (κ2) is 12.0. The van der Waals surface area contributed by atoms with Crippen LogP contribution in [0.2, 0.25) is 0 Å². The van der Waals surface area contributed by atoms with Gasteiger partial charge in [0.2, 0.25) is 5.91 Å². The molecule has 0 bridgehead atoms. The van der Waals surface area contributed by atoms with Crippen LogP contribution in [0.15, 0.2) is 48.5 Å². The number of nitrogens with zero attached hydrogens (tertiary/aromatic N) is 1. The van der Waals surface area contributed by atoms with Crippen molar-refractivity contribution in [3.05, 3.63) is 59.7 Å².